The number of phenolic OH excluding ortho intramolecular Hbond substituents is 1. The number of phenols is 1. The number of ketones is 1. The molecule has 5 heteroatoms. The predicted octanol–water partition coefficient (Wildman–Crippen LogP) is 3.38. The molecule has 0 radical (unpaired) electrons. The van der Waals surface area contributed by atoms with E-state index in [4.69, 9.17) is 0 Å². The number of hydrogen-bond donors (Lipinski definition) is 1. The third-order valence-corrected chi connectivity index (χ3v) is 3.15. The van der Waals surface area contributed by atoms with Crippen LogP contribution in [0.15, 0.2) is 42.5 Å². The van der Waals surface area contributed by atoms with Gasteiger partial charge in [0, 0.05) is 37.3 Å². The van der Waals surface area contributed by atoms with Crippen LogP contribution in [0.2, 0.25) is 0 Å². The largest absolute Gasteiger partial charge is 0.508 e. The van der Waals surface area contributed by atoms with E-state index in [-0.39, 0.29) is 23.5 Å². The highest BCUT2D eigenvalue weighted by molar-refractivity contribution is 5.96. The lowest BCUT2D eigenvalue weighted by Crippen LogP contribution is -2.21. The molecule has 0 atom stereocenters. The quantitative estimate of drug-likeness (QED) is 0.859. The molecular formula is C16H15F2NO2. The van der Waals surface area contributed by atoms with Crippen molar-refractivity contribution < 1.29 is 18.7 Å². The van der Waals surface area contributed by atoms with E-state index in [0.29, 0.717) is 6.54 Å². The van der Waals surface area contributed by atoms with Gasteiger partial charge in [-0.1, -0.05) is 0 Å². The number of benzene rings is 2. The zero-order valence-electron chi connectivity index (χ0n) is 11.5. The van der Waals surface area contributed by atoms with Crippen LogP contribution in [0.3, 0.4) is 0 Å². The van der Waals surface area contributed by atoms with Gasteiger partial charge >= 0.3 is 0 Å². The fraction of sp³-hybridized carbons (Fsp3) is 0.188. The number of carbonyl (C=O) groups is 1. The van der Waals surface area contributed by atoms with Crippen LogP contribution in [0, 0.1) is 11.6 Å². The number of rotatable bonds is 5. The second-order valence-electron chi connectivity index (χ2n) is 4.77. The zero-order valence-corrected chi connectivity index (χ0v) is 11.5. The highest BCUT2D eigenvalue weighted by atomic mass is 19.1. The Kier molecular flexibility index (Phi) is 4.52. The van der Waals surface area contributed by atoms with Crippen LogP contribution in [0.4, 0.5) is 14.5 Å². The Morgan fingerprint density at radius 1 is 1.10 bits per heavy atom. The van der Waals surface area contributed by atoms with Gasteiger partial charge in [-0.3, -0.25) is 4.79 Å². The van der Waals surface area contributed by atoms with Crippen molar-refractivity contribution in [2.24, 2.45) is 0 Å². The van der Waals surface area contributed by atoms with Crippen LogP contribution in [0.1, 0.15) is 16.8 Å². The van der Waals surface area contributed by atoms with E-state index in [1.54, 1.807) is 31.3 Å². The van der Waals surface area contributed by atoms with E-state index in [1.807, 2.05) is 4.90 Å². The highest BCUT2D eigenvalue weighted by Gasteiger charge is 2.11. The van der Waals surface area contributed by atoms with Crippen LogP contribution in [0.25, 0.3) is 0 Å². The van der Waals surface area contributed by atoms with E-state index in [9.17, 15) is 18.7 Å². The first-order chi connectivity index (χ1) is 9.95. The highest BCUT2D eigenvalue weighted by Crippen LogP contribution is 2.18. The lowest BCUT2D eigenvalue weighted by Gasteiger charge is -2.18. The first-order valence-electron chi connectivity index (χ1n) is 6.45. The number of anilines is 1. The molecule has 1 N–H and O–H groups in total. The van der Waals surface area contributed by atoms with Crippen LogP contribution < -0.4 is 4.90 Å². The molecule has 0 aliphatic rings. The maximum absolute atomic E-state index is 13.1. The van der Waals surface area contributed by atoms with E-state index in [1.165, 1.54) is 0 Å². The number of halogens is 2. The standard InChI is InChI=1S/C16H15F2NO2/c1-19(14-2-4-15(20)5-3-14)7-6-16(21)11-8-12(17)10-13(18)9-11/h2-5,8-10,20H,6-7H2,1H3. The summed E-state index contributed by atoms with van der Waals surface area (Å²) >= 11 is 0. The number of aromatic hydroxyl groups is 1. The molecular weight excluding hydrogens is 276 g/mol. The van der Waals surface area contributed by atoms with Gasteiger partial charge in [-0.05, 0) is 36.4 Å². The molecule has 0 aliphatic carbocycles. The average Bonchev–Trinajstić information content (AvgIpc) is 2.44. The lowest BCUT2D eigenvalue weighted by molar-refractivity contribution is 0.0984. The second-order valence-corrected chi connectivity index (χ2v) is 4.77. The van der Waals surface area contributed by atoms with Crippen molar-refractivity contribution >= 4 is 11.5 Å². The minimum Gasteiger partial charge on any atom is -0.508 e. The first-order valence-corrected chi connectivity index (χ1v) is 6.45. The lowest BCUT2D eigenvalue weighted by atomic mass is 10.1. The van der Waals surface area contributed by atoms with Gasteiger partial charge in [-0.15, -0.1) is 0 Å². The summed E-state index contributed by atoms with van der Waals surface area (Å²) in [6.07, 6.45) is 0.139. The fourth-order valence-corrected chi connectivity index (χ4v) is 1.96. The number of hydrogen-bond acceptors (Lipinski definition) is 3. The molecule has 0 aromatic heterocycles. The molecule has 110 valence electrons. The molecule has 21 heavy (non-hydrogen) atoms. The smallest absolute Gasteiger partial charge is 0.164 e. The van der Waals surface area contributed by atoms with E-state index in [0.717, 1.165) is 23.9 Å². The van der Waals surface area contributed by atoms with Gasteiger partial charge in [0.15, 0.2) is 5.78 Å². The van der Waals surface area contributed by atoms with Gasteiger partial charge in [0.1, 0.15) is 17.4 Å². The van der Waals surface area contributed by atoms with Gasteiger partial charge in [0.05, 0.1) is 0 Å². The van der Waals surface area contributed by atoms with Crippen molar-refractivity contribution in [3.05, 3.63) is 59.7 Å². The molecule has 0 spiro atoms. The van der Waals surface area contributed by atoms with E-state index in [2.05, 4.69) is 0 Å². The van der Waals surface area contributed by atoms with Crippen molar-refractivity contribution in [1.29, 1.82) is 0 Å². The van der Waals surface area contributed by atoms with E-state index < -0.39 is 11.6 Å². The van der Waals surface area contributed by atoms with Gasteiger partial charge in [-0.25, -0.2) is 8.78 Å². The van der Waals surface area contributed by atoms with E-state index >= 15 is 0 Å². The van der Waals surface area contributed by atoms with Gasteiger partial charge in [-0.2, -0.15) is 0 Å². The summed E-state index contributed by atoms with van der Waals surface area (Å²) in [4.78, 5) is 13.8. The summed E-state index contributed by atoms with van der Waals surface area (Å²) in [7, 11) is 1.80. The molecule has 0 saturated heterocycles. The normalized spacial score (nSPS) is 10.4. The number of carbonyl (C=O) groups excluding carboxylic acids is 1. The monoisotopic (exact) mass is 291 g/mol. The van der Waals surface area contributed by atoms with Gasteiger partial charge in [0.25, 0.3) is 0 Å². The molecule has 0 heterocycles. The molecule has 2 aromatic rings. The van der Waals surface area contributed by atoms with Crippen LogP contribution in [-0.2, 0) is 0 Å². The minimum atomic E-state index is -0.759. The first kappa shape index (κ1) is 15.0. The molecule has 2 aromatic carbocycles. The third-order valence-electron chi connectivity index (χ3n) is 3.15. The SMILES string of the molecule is CN(CCC(=O)c1cc(F)cc(F)c1)c1ccc(O)cc1. The summed E-state index contributed by atoms with van der Waals surface area (Å²) in [5, 5.41) is 9.21. The number of Topliss-reactive ketones (excluding diaryl/α,β-unsaturated/α-hetero) is 1. The van der Waals surface area contributed by atoms with Crippen LogP contribution >= 0.6 is 0 Å². The Hall–Kier alpha value is -2.43. The molecule has 2 rings (SSSR count). The summed E-state index contributed by atoms with van der Waals surface area (Å²) in [5.41, 5.74) is 0.873. The van der Waals surface area contributed by atoms with Gasteiger partial charge in [0.2, 0.25) is 0 Å². The second kappa shape index (κ2) is 6.35. The van der Waals surface area contributed by atoms with Crippen LogP contribution in [-0.4, -0.2) is 24.5 Å². The summed E-state index contributed by atoms with van der Waals surface area (Å²) in [6, 6.07) is 9.35. The van der Waals surface area contributed by atoms with Crippen molar-refractivity contribution in [2.45, 2.75) is 6.42 Å². The van der Waals surface area contributed by atoms with Gasteiger partial charge < -0.3 is 10.0 Å². The Bertz CT molecular complexity index is 621. The van der Waals surface area contributed by atoms with Crippen molar-refractivity contribution in [1.82, 2.24) is 0 Å². The Morgan fingerprint density at radius 3 is 2.24 bits per heavy atom. The maximum atomic E-state index is 13.1. The van der Waals surface area contributed by atoms with Crippen molar-refractivity contribution in [3.8, 4) is 5.75 Å². The summed E-state index contributed by atoms with van der Waals surface area (Å²) in [5.74, 6) is -1.67. The number of nitrogens with zero attached hydrogens (tertiary/aromatic N) is 1. The average molecular weight is 291 g/mol. The molecule has 0 bridgehead atoms. The Balaban J connectivity index is 1.98. The minimum absolute atomic E-state index is 0.0339. The van der Waals surface area contributed by atoms with Crippen molar-refractivity contribution in [2.75, 3.05) is 18.5 Å². The maximum Gasteiger partial charge on any atom is 0.164 e. The molecule has 0 amide bonds. The Labute approximate surface area is 121 Å². The van der Waals surface area contributed by atoms with Crippen molar-refractivity contribution in [3.63, 3.8) is 0 Å². The summed E-state index contributed by atoms with van der Waals surface area (Å²) in [6.45, 7) is 0.405. The molecule has 0 unspecified atom stereocenters. The molecule has 0 saturated carbocycles. The zero-order chi connectivity index (χ0) is 15.4. The molecule has 3 nitrogen and oxygen atoms in total. The summed E-state index contributed by atoms with van der Waals surface area (Å²) < 4.78 is 26.1. The third kappa shape index (κ3) is 4.02. The Morgan fingerprint density at radius 2 is 1.67 bits per heavy atom. The topological polar surface area (TPSA) is 40.5 Å². The molecule has 0 aliphatic heterocycles. The predicted molar refractivity (Wildman–Crippen MR) is 76.7 cm³/mol. The molecule has 0 fully saturated rings. The fourth-order valence-electron chi connectivity index (χ4n) is 1.96. The van der Waals surface area contributed by atoms with Crippen LogP contribution in [0.5, 0.6) is 5.75 Å².